The smallest absolute Gasteiger partial charge is 0.123 e. The first-order chi connectivity index (χ1) is 10.0. The molecule has 1 heterocycles. The van der Waals surface area contributed by atoms with Crippen LogP contribution in [0.25, 0.3) is 0 Å². The lowest BCUT2D eigenvalue weighted by molar-refractivity contribution is -0.0319. The van der Waals surface area contributed by atoms with E-state index in [9.17, 15) is 4.39 Å². The van der Waals surface area contributed by atoms with E-state index in [0.717, 1.165) is 43.9 Å². The van der Waals surface area contributed by atoms with E-state index in [2.05, 4.69) is 30.1 Å². The molecule has 1 aromatic carbocycles. The zero-order chi connectivity index (χ0) is 15.5. The number of nitrogens with zero attached hydrogens (tertiary/aromatic N) is 1. The Labute approximate surface area is 127 Å². The van der Waals surface area contributed by atoms with E-state index in [-0.39, 0.29) is 17.4 Å². The molecule has 2 rings (SSSR count). The maximum Gasteiger partial charge on any atom is 0.123 e. The van der Waals surface area contributed by atoms with Crippen molar-refractivity contribution in [2.24, 2.45) is 0 Å². The van der Waals surface area contributed by atoms with Gasteiger partial charge in [-0.2, -0.15) is 0 Å². The minimum absolute atomic E-state index is 0.0568. The fourth-order valence-corrected chi connectivity index (χ4v) is 3.45. The van der Waals surface area contributed by atoms with Crippen molar-refractivity contribution in [3.8, 4) is 0 Å². The quantitative estimate of drug-likeness (QED) is 0.904. The van der Waals surface area contributed by atoms with E-state index in [1.165, 1.54) is 0 Å². The van der Waals surface area contributed by atoms with E-state index in [1.807, 2.05) is 14.0 Å². The molecule has 1 N–H and O–H groups in total. The SMILES string of the molecule is CCC(C)(C(NC)c1cc(C)cc(F)c1)N1CCOCC1. The number of hydrogen-bond donors (Lipinski definition) is 1. The Hall–Kier alpha value is -0.970. The van der Waals surface area contributed by atoms with Crippen LogP contribution >= 0.6 is 0 Å². The molecule has 118 valence electrons. The topological polar surface area (TPSA) is 24.5 Å². The van der Waals surface area contributed by atoms with Gasteiger partial charge in [0.2, 0.25) is 0 Å². The minimum atomic E-state index is -0.161. The van der Waals surface area contributed by atoms with Crippen LogP contribution in [0.2, 0.25) is 0 Å². The molecular formula is C17H27FN2O. The average molecular weight is 294 g/mol. The third kappa shape index (κ3) is 3.44. The Kier molecular flexibility index (Phi) is 5.36. The zero-order valence-electron chi connectivity index (χ0n) is 13.6. The van der Waals surface area contributed by atoms with Crippen molar-refractivity contribution < 1.29 is 9.13 Å². The molecule has 1 aliphatic heterocycles. The van der Waals surface area contributed by atoms with Crippen LogP contribution in [0, 0.1) is 12.7 Å². The molecule has 21 heavy (non-hydrogen) atoms. The number of rotatable bonds is 5. The van der Waals surface area contributed by atoms with Gasteiger partial charge in [0.15, 0.2) is 0 Å². The molecule has 0 amide bonds. The van der Waals surface area contributed by atoms with Gasteiger partial charge in [0.25, 0.3) is 0 Å². The summed E-state index contributed by atoms with van der Waals surface area (Å²) >= 11 is 0. The Morgan fingerprint density at radius 1 is 1.33 bits per heavy atom. The summed E-state index contributed by atoms with van der Waals surface area (Å²) in [6.07, 6.45) is 0.994. The number of ether oxygens (including phenoxy) is 1. The predicted octanol–water partition coefficient (Wildman–Crippen LogP) is 2.90. The Bertz CT molecular complexity index is 454. The molecule has 1 aliphatic rings. The van der Waals surface area contributed by atoms with Gasteiger partial charge >= 0.3 is 0 Å². The van der Waals surface area contributed by atoms with Crippen LogP contribution in [-0.2, 0) is 4.74 Å². The Balaban J connectivity index is 2.35. The van der Waals surface area contributed by atoms with Crippen LogP contribution < -0.4 is 5.32 Å². The zero-order valence-corrected chi connectivity index (χ0v) is 13.6. The van der Waals surface area contributed by atoms with Crippen molar-refractivity contribution in [3.05, 3.63) is 35.1 Å². The molecule has 0 bridgehead atoms. The van der Waals surface area contributed by atoms with Crippen LogP contribution in [0.4, 0.5) is 4.39 Å². The van der Waals surface area contributed by atoms with Crippen molar-refractivity contribution >= 4 is 0 Å². The van der Waals surface area contributed by atoms with Gasteiger partial charge in [-0.3, -0.25) is 4.90 Å². The lowest BCUT2D eigenvalue weighted by Gasteiger charge is -2.48. The van der Waals surface area contributed by atoms with Crippen LogP contribution in [0.1, 0.15) is 37.4 Å². The maximum atomic E-state index is 13.8. The van der Waals surface area contributed by atoms with Gasteiger partial charge < -0.3 is 10.1 Å². The molecule has 1 saturated heterocycles. The number of benzene rings is 1. The van der Waals surface area contributed by atoms with Gasteiger partial charge in [0.05, 0.1) is 19.3 Å². The van der Waals surface area contributed by atoms with Gasteiger partial charge in [0, 0.05) is 18.6 Å². The highest BCUT2D eigenvalue weighted by Crippen LogP contribution is 2.35. The highest BCUT2D eigenvalue weighted by atomic mass is 19.1. The van der Waals surface area contributed by atoms with E-state index >= 15 is 0 Å². The lowest BCUT2D eigenvalue weighted by Crippen LogP contribution is -2.57. The minimum Gasteiger partial charge on any atom is -0.379 e. The molecule has 0 radical (unpaired) electrons. The van der Waals surface area contributed by atoms with Crippen LogP contribution in [0.15, 0.2) is 18.2 Å². The number of aryl methyl sites for hydroxylation is 1. The summed E-state index contributed by atoms with van der Waals surface area (Å²) in [5.74, 6) is -0.161. The number of nitrogens with one attached hydrogen (secondary N) is 1. The third-order valence-electron chi connectivity index (χ3n) is 4.76. The summed E-state index contributed by atoms with van der Waals surface area (Å²) in [6, 6.07) is 5.41. The first-order valence-corrected chi connectivity index (χ1v) is 7.78. The fraction of sp³-hybridized carbons (Fsp3) is 0.647. The molecule has 0 aliphatic carbocycles. The van der Waals surface area contributed by atoms with Crippen LogP contribution in [-0.4, -0.2) is 43.8 Å². The summed E-state index contributed by atoms with van der Waals surface area (Å²) < 4.78 is 19.3. The maximum absolute atomic E-state index is 13.8. The Morgan fingerprint density at radius 3 is 2.52 bits per heavy atom. The van der Waals surface area contributed by atoms with Crippen molar-refractivity contribution in [1.82, 2.24) is 10.2 Å². The largest absolute Gasteiger partial charge is 0.379 e. The van der Waals surface area contributed by atoms with Crippen molar-refractivity contribution in [3.63, 3.8) is 0 Å². The van der Waals surface area contributed by atoms with Crippen LogP contribution in [0.5, 0.6) is 0 Å². The second-order valence-electron chi connectivity index (χ2n) is 6.09. The summed E-state index contributed by atoms with van der Waals surface area (Å²) in [7, 11) is 1.96. The van der Waals surface area contributed by atoms with Crippen molar-refractivity contribution in [2.45, 2.75) is 38.8 Å². The second kappa shape index (κ2) is 6.86. The lowest BCUT2D eigenvalue weighted by atomic mass is 9.82. The fourth-order valence-electron chi connectivity index (χ4n) is 3.45. The molecule has 0 aromatic heterocycles. The highest BCUT2D eigenvalue weighted by molar-refractivity contribution is 5.29. The summed E-state index contributed by atoms with van der Waals surface area (Å²) in [5, 5.41) is 3.41. The number of halogens is 1. The van der Waals surface area contributed by atoms with Gasteiger partial charge in [-0.1, -0.05) is 13.0 Å². The first kappa shape index (κ1) is 16.4. The van der Waals surface area contributed by atoms with E-state index in [0.29, 0.717) is 0 Å². The number of hydrogen-bond acceptors (Lipinski definition) is 3. The van der Waals surface area contributed by atoms with Crippen LogP contribution in [0.3, 0.4) is 0 Å². The van der Waals surface area contributed by atoms with Gasteiger partial charge in [-0.15, -0.1) is 0 Å². The second-order valence-corrected chi connectivity index (χ2v) is 6.09. The number of morpholine rings is 1. The van der Waals surface area contributed by atoms with Crippen molar-refractivity contribution in [2.75, 3.05) is 33.4 Å². The molecule has 0 spiro atoms. The molecule has 3 nitrogen and oxygen atoms in total. The first-order valence-electron chi connectivity index (χ1n) is 7.78. The predicted molar refractivity (Wildman–Crippen MR) is 84.0 cm³/mol. The molecular weight excluding hydrogens is 267 g/mol. The molecule has 0 saturated carbocycles. The molecule has 4 heteroatoms. The van der Waals surface area contributed by atoms with E-state index in [4.69, 9.17) is 4.74 Å². The van der Waals surface area contributed by atoms with Gasteiger partial charge in [-0.25, -0.2) is 4.39 Å². The third-order valence-corrected chi connectivity index (χ3v) is 4.76. The highest BCUT2D eigenvalue weighted by Gasteiger charge is 2.39. The summed E-state index contributed by atoms with van der Waals surface area (Å²) in [5.41, 5.74) is 1.93. The summed E-state index contributed by atoms with van der Waals surface area (Å²) in [4.78, 5) is 2.47. The molecule has 1 aromatic rings. The van der Waals surface area contributed by atoms with E-state index in [1.54, 1.807) is 12.1 Å². The monoisotopic (exact) mass is 294 g/mol. The molecule has 2 atom stereocenters. The van der Waals surface area contributed by atoms with Gasteiger partial charge in [-0.05, 0) is 50.6 Å². The molecule has 2 unspecified atom stereocenters. The standard InChI is InChI=1S/C17H27FN2O/c1-5-17(3,20-6-8-21-9-7-20)16(19-4)14-10-13(2)11-15(18)12-14/h10-12,16,19H,5-9H2,1-4H3. The van der Waals surface area contributed by atoms with E-state index < -0.39 is 0 Å². The average Bonchev–Trinajstić information content (AvgIpc) is 2.47. The van der Waals surface area contributed by atoms with Crippen molar-refractivity contribution in [1.29, 1.82) is 0 Å². The number of likely N-dealkylation sites (N-methyl/N-ethyl adjacent to an activating group) is 1. The summed E-state index contributed by atoms with van der Waals surface area (Å²) in [6.45, 7) is 9.80. The Morgan fingerprint density at radius 2 is 2.00 bits per heavy atom. The van der Waals surface area contributed by atoms with Gasteiger partial charge in [0.1, 0.15) is 5.82 Å². The normalized spacial score (nSPS) is 21.0. The molecule has 1 fully saturated rings.